The van der Waals surface area contributed by atoms with E-state index in [4.69, 9.17) is 0 Å². The van der Waals surface area contributed by atoms with E-state index >= 15 is 0 Å². The van der Waals surface area contributed by atoms with E-state index in [1.807, 2.05) is 21.9 Å². The molecule has 7 heteroatoms. The first kappa shape index (κ1) is 16.2. The number of piperazine rings is 1. The number of aromatic nitrogens is 2. The van der Waals surface area contributed by atoms with Crippen molar-refractivity contribution < 1.29 is 4.79 Å². The summed E-state index contributed by atoms with van der Waals surface area (Å²) in [6.45, 7) is 5.10. The second-order valence-corrected chi connectivity index (χ2v) is 7.73. The quantitative estimate of drug-likeness (QED) is 0.708. The maximum Gasteiger partial charge on any atom is 0.273 e. The Morgan fingerprint density at radius 3 is 2.52 bits per heavy atom. The summed E-state index contributed by atoms with van der Waals surface area (Å²) in [6.07, 6.45) is 1.82. The van der Waals surface area contributed by atoms with Gasteiger partial charge in [0, 0.05) is 48.7 Å². The zero-order chi connectivity index (χ0) is 17.2. The van der Waals surface area contributed by atoms with Crippen molar-refractivity contribution in [3.63, 3.8) is 0 Å². The number of carbonyl (C=O) groups is 1. The van der Waals surface area contributed by atoms with Crippen LogP contribution in [0.3, 0.4) is 0 Å². The molecule has 5 nitrogen and oxygen atoms in total. The van der Waals surface area contributed by atoms with Crippen molar-refractivity contribution in [2.45, 2.75) is 6.92 Å². The molecule has 1 fully saturated rings. The third-order valence-electron chi connectivity index (χ3n) is 4.28. The highest BCUT2D eigenvalue weighted by atomic mass is 32.1. The number of aryl methyl sites for hydroxylation is 1. The van der Waals surface area contributed by atoms with Gasteiger partial charge in [-0.25, -0.2) is 9.97 Å². The summed E-state index contributed by atoms with van der Waals surface area (Å²) in [5.74, 6) is 0.0217. The van der Waals surface area contributed by atoms with Gasteiger partial charge in [0.05, 0.1) is 0 Å². The van der Waals surface area contributed by atoms with Crippen LogP contribution in [-0.2, 0) is 0 Å². The predicted molar refractivity (Wildman–Crippen MR) is 103 cm³/mol. The first-order chi connectivity index (χ1) is 12.2. The highest BCUT2D eigenvalue weighted by Gasteiger charge is 2.24. The van der Waals surface area contributed by atoms with Crippen LogP contribution < -0.4 is 4.90 Å². The van der Waals surface area contributed by atoms with Crippen molar-refractivity contribution >= 4 is 33.7 Å². The molecule has 2 aromatic heterocycles. The van der Waals surface area contributed by atoms with Gasteiger partial charge in [0.1, 0.15) is 10.7 Å². The van der Waals surface area contributed by atoms with E-state index in [2.05, 4.69) is 46.1 Å². The van der Waals surface area contributed by atoms with Crippen molar-refractivity contribution in [1.82, 2.24) is 14.9 Å². The fourth-order valence-corrected chi connectivity index (χ4v) is 4.33. The molecule has 0 unspecified atom stereocenters. The number of nitrogens with zero attached hydrogens (tertiary/aromatic N) is 4. The van der Waals surface area contributed by atoms with Gasteiger partial charge in [-0.3, -0.25) is 4.79 Å². The standard InChI is InChI=1S/C18H18N4OS2/c1-13-2-4-14(5-3-13)16-20-15(12-25-16)17(23)21-7-9-22(10-8-21)18-19-6-11-24-18/h2-6,11-12H,7-10H2,1H3. The van der Waals surface area contributed by atoms with Crippen LogP contribution in [-0.4, -0.2) is 47.0 Å². The van der Waals surface area contributed by atoms with E-state index < -0.39 is 0 Å². The number of amides is 1. The van der Waals surface area contributed by atoms with Crippen molar-refractivity contribution in [2.75, 3.05) is 31.1 Å². The number of thiazole rings is 2. The molecule has 3 aromatic rings. The van der Waals surface area contributed by atoms with Gasteiger partial charge >= 0.3 is 0 Å². The highest BCUT2D eigenvalue weighted by molar-refractivity contribution is 7.13. The molecule has 128 valence electrons. The largest absolute Gasteiger partial charge is 0.345 e. The first-order valence-electron chi connectivity index (χ1n) is 8.17. The number of hydrogen-bond acceptors (Lipinski definition) is 6. The van der Waals surface area contributed by atoms with Crippen molar-refractivity contribution in [3.05, 3.63) is 52.5 Å². The maximum absolute atomic E-state index is 12.7. The average Bonchev–Trinajstić information content (AvgIpc) is 3.34. The molecule has 3 heterocycles. The minimum Gasteiger partial charge on any atom is -0.345 e. The molecule has 0 N–H and O–H groups in total. The summed E-state index contributed by atoms with van der Waals surface area (Å²) in [5, 5.41) is 5.77. The number of hydrogen-bond donors (Lipinski definition) is 0. The SMILES string of the molecule is Cc1ccc(-c2nc(C(=O)N3CCN(c4nccs4)CC3)cs2)cc1. The Morgan fingerprint density at radius 2 is 1.84 bits per heavy atom. The van der Waals surface area contributed by atoms with E-state index in [1.54, 1.807) is 11.3 Å². The Balaban J connectivity index is 1.43. The molecule has 0 bridgehead atoms. The lowest BCUT2D eigenvalue weighted by molar-refractivity contribution is 0.0742. The summed E-state index contributed by atoms with van der Waals surface area (Å²) in [7, 11) is 0. The minimum absolute atomic E-state index is 0.0217. The molecule has 1 aliphatic rings. The smallest absolute Gasteiger partial charge is 0.273 e. The molecule has 1 amide bonds. The van der Waals surface area contributed by atoms with Crippen LogP contribution in [0.4, 0.5) is 5.13 Å². The second kappa shape index (κ2) is 6.93. The molecule has 0 aliphatic carbocycles. The predicted octanol–water partition coefficient (Wildman–Crippen LogP) is 3.54. The molecule has 0 spiro atoms. The van der Waals surface area contributed by atoms with Crippen LogP contribution >= 0.6 is 22.7 Å². The van der Waals surface area contributed by atoms with Crippen LogP contribution in [0.15, 0.2) is 41.2 Å². The molecule has 1 aliphatic heterocycles. The normalized spacial score (nSPS) is 14.8. The molecule has 0 radical (unpaired) electrons. The van der Waals surface area contributed by atoms with Crippen LogP contribution in [0.5, 0.6) is 0 Å². The van der Waals surface area contributed by atoms with E-state index in [1.165, 1.54) is 16.9 Å². The number of rotatable bonds is 3. The lowest BCUT2D eigenvalue weighted by atomic mass is 10.2. The van der Waals surface area contributed by atoms with E-state index in [0.29, 0.717) is 18.8 Å². The van der Waals surface area contributed by atoms with Gasteiger partial charge < -0.3 is 9.80 Å². The topological polar surface area (TPSA) is 49.3 Å². The fourth-order valence-electron chi connectivity index (χ4n) is 2.84. The van der Waals surface area contributed by atoms with Gasteiger partial charge in [-0.1, -0.05) is 29.8 Å². The molecule has 0 saturated carbocycles. The third kappa shape index (κ3) is 3.43. The van der Waals surface area contributed by atoms with Gasteiger partial charge in [-0.15, -0.1) is 22.7 Å². The summed E-state index contributed by atoms with van der Waals surface area (Å²) in [5.41, 5.74) is 2.82. The first-order valence-corrected chi connectivity index (χ1v) is 9.93. The van der Waals surface area contributed by atoms with Gasteiger partial charge in [0.2, 0.25) is 0 Å². The van der Waals surface area contributed by atoms with Gasteiger partial charge in [-0.2, -0.15) is 0 Å². The summed E-state index contributed by atoms with van der Waals surface area (Å²) >= 11 is 3.16. The van der Waals surface area contributed by atoms with Crippen LogP contribution in [0.1, 0.15) is 16.1 Å². The number of anilines is 1. The Hall–Kier alpha value is -2.25. The fraction of sp³-hybridized carbons (Fsp3) is 0.278. The molecule has 25 heavy (non-hydrogen) atoms. The lowest BCUT2D eigenvalue weighted by Gasteiger charge is -2.34. The van der Waals surface area contributed by atoms with Crippen LogP contribution in [0, 0.1) is 6.92 Å². The van der Waals surface area contributed by atoms with Crippen LogP contribution in [0.25, 0.3) is 10.6 Å². The van der Waals surface area contributed by atoms with E-state index in [-0.39, 0.29) is 5.91 Å². The Morgan fingerprint density at radius 1 is 1.08 bits per heavy atom. The molecular formula is C18H18N4OS2. The molecule has 1 saturated heterocycles. The number of benzene rings is 1. The molecular weight excluding hydrogens is 352 g/mol. The summed E-state index contributed by atoms with van der Waals surface area (Å²) < 4.78 is 0. The van der Waals surface area contributed by atoms with Crippen LogP contribution in [0.2, 0.25) is 0 Å². The minimum atomic E-state index is 0.0217. The van der Waals surface area contributed by atoms with Crippen molar-refractivity contribution in [1.29, 1.82) is 0 Å². The zero-order valence-electron chi connectivity index (χ0n) is 13.9. The zero-order valence-corrected chi connectivity index (χ0v) is 15.5. The van der Waals surface area contributed by atoms with E-state index in [0.717, 1.165) is 28.8 Å². The molecule has 0 atom stereocenters. The maximum atomic E-state index is 12.7. The monoisotopic (exact) mass is 370 g/mol. The highest BCUT2D eigenvalue weighted by Crippen LogP contribution is 2.25. The third-order valence-corrected chi connectivity index (χ3v) is 6.00. The van der Waals surface area contributed by atoms with Gasteiger partial charge in [-0.05, 0) is 6.92 Å². The molecule has 4 rings (SSSR count). The molecule has 1 aromatic carbocycles. The lowest BCUT2D eigenvalue weighted by Crippen LogP contribution is -2.48. The summed E-state index contributed by atoms with van der Waals surface area (Å²) in [6, 6.07) is 8.23. The summed E-state index contributed by atoms with van der Waals surface area (Å²) in [4.78, 5) is 25.7. The Labute approximate surface area is 154 Å². The van der Waals surface area contributed by atoms with Gasteiger partial charge in [0.25, 0.3) is 5.91 Å². The Bertz CT molecular complexity index is 850. The number of carbonyl (C=O) groups excluding carboxylic acids is 1. The van der Waals surface area contributed by atoms with Gasteiger partial charge in [0.15, 0.2) is 5.13 Å². The van der Waals surface area contributed by atoms with Crippen molar-refractivity contribution in [2.24, 2.45) is 0 Å². The van der Waals surface area contributed by atoms with Crippen molar-refractivity contribution in [3.8, 4) is 10.6 Å². The average molecular weight is 371 g/mol. The second-order valence-electron chi connectivity index (χ2n) is 6.00. The van der Waals surface area contributed by atoms with E-state index in [9.17, 15) is 4.79 Å². The Kier molecular flexibility index (Phi) is 4.50.